The van der Waals surface area contributed by atoms with Crippen LogP contribution in [0.2, 0.25) is 0 Å². The lowest BCUT2D eigenvalue weighted by Gasteiger charge is -2.18. The molecule has 0 radical (unpaired) electrons. The minimum absolute atomic E-state index is 0.0163. The van der Waals surface area contributed by atoms with Crippen LogP contribution in [-0.2, 0) is 5.41 Å². The van der Waals surface area contributed by atoms with Crippen molar-refractivity contribution in [3.8, 4) is 11.5 Å². The molecule has 0 saturated heterocycles. The Morgan fingerprint density at radius 3 is 2.44 bits per heavy atom. The first-order valence-corrected chi connectivity index (χ1v) is 8.52. The van der Waals surface area contributed by atoms with Crippen molar-refractivity contribution in [2.45, 2.75) is 26.2 Å². The van der Waals surface area contributed by atoms with Gasteiger partial charge < -0.3 is 9.84 Å². The fraction of sp³-hybridized carbons (Fsp3) is 0.263. The van der Waals surface area contributed by atoms with Gasteiger partial charge >= 0.3 is 0 Å². The second-order valence-corrected chi connectivity index (χ2v) is 7.43. The lowest BCUT2D eigenvalue weighted by Crippen LogP contribution is -2.18. The van der Waals surface area contributed by atoms with Gasteiger partial charge in [0.1, 0.15) is 0 Å². The third-order valence-electron chi connectivity index (χ3n) is 3.66. The van der Waals surface area contributed by atoms with Crippen molar-refractivity contribution in [2.75, 3.05) is 7.11 Å². The molecule has 2 rings (SSSR count). The lowest BCUT2D eigenvalue weighted by molar-refractivity contribution is 0.0955. The Morgan fingerprint density at radius 2 is 1.88 bits per heavy atom. The molecular formula is C19H21BrN2O3. The maximum absolute atomic E-state index is 12.1. The van der Waals surface area contributed by atoms with Crippen LogP contribution in [0.1, 0.15) is 42.3 Å². The van der Waals surface area contributed by atoms with Crippen LogP contribution in [0.5, 0.6) is 11.5 Å². The molecule has 0 heterocycles. The van der Waals surface area contributed by atoms with Gasteiger partial charge in [-0.1, -0.05) is 32.9 Å². The molecule has 25 heavy (non-hydrogen) atoms. The third kappa shape index (κ3) is 4.82. The number of aromatic hydroxyl groups is 1. The zero-order valence-electron chi connectivity index (χ0n) is 14.6. The van der Waals surface area contributed by atoms with Crippen molar-refractivity contribution in [3.05, 3.63) is 57.6 Å². The molecule has 0 spiro atoms. The first-order chi connectivity index (χ1) is 11.7. The lowest BCUT2D eigenvalue weighted by atomic mass is 9.87. The monoisotopic (exact) mass is 404 g/mol. The number of rotatable bonds is 4. The Bertz CT molecular complexity index is 794. The van der Waals surface area contributed by atoms with Gasteiger partial charge in [-0.25, -0.2) is 5.43 Å². The molecule has 1 amide bonds. The second-order valence-electron chi connectivity index (χ2n) is 6.58. The highest BCUT2D eigenvalue weighted by Gasteiger charge is 2.14. The van der Waals surface area contributed by atoms with Crippen LogP contribution in [-0.4, -0.2) is 24.3 Å². The van der Waals surface area contributed by atoms with Gasteiger partial charge in [-0.2, -0.15) is 5.10 Å². The molecule has 0 atom stereocenters. The summed E-state index contributed by atoms with van der Waals surface area (Å²) >= 11 is 3.24. The average Bonchev–Trinajstić information content (AvgIpc) is 2.57. The first kappa shape index (κ1) is 19.0. The number of ether oxygens (including phenoxy) is 1. The number of amides is 1. The molecule has 132 valence electrons. The van der Waals surface area contributed by atoms with Crippen molar-refractivity contribution < 1.29 is 14.6 Å². The Balaban J connectivity index is 2.07. The van der Waals surface area contributed by atoms with Gasteiger partial charge in [0.2, 0.25) is 0 Å². The van der Waals surface area contributed by atoms with Crippen molar-refractivity contribution in [1.82, 2.24) is 5.43 Å². The number of carbonyl (C=O) groups is 1. The quantitative estimate of drug-likeness (QED) is 0.591. The number of hydrazone groups is 1. The van der Waals surface area contributed by atoms with E-state index in [2.05, 4.69) is 47.2 Å². The molecule has 0 aliphatic heterocycles. The highest BCUT2D eigenvalue weighted by molar-refractivity contribution is 9.10. The Morgan fingerprint density at radius 1 is 1.24 bits per heavy atom. The molecular weight excluding hydrogens is 384 g/mol. The fourth-order valence-electron chi connectivity index (χ4n) is 2.18. The van der Waals surface area contributed by atoms with Crippen molar-refractivity contribution in [1.29, 1.82) is 0 Å². The van der Waals surface area contributed by atoms with Gasteiger partial charge in [-0.05, 0) is 56.7 Å². The molecule has 2 N–H and O–H groups in total. The van der Waals surface area contributed by atoms with Gasteiger partial charge in [0.25, 0.3) is 5.91 Å². The Labute approximate surface area is 155 Å². The highest BCUT2D eigenvalue weighted by Crippen LogP contribution is 2.34. The van der Waals surface area contributed by atoms with E-state index >= 15 is 0 Å². The van der Waals surface area contributed by atoms with Crippen molar-refractivity contribution >= 4 is 28.1 Å². The number of benzene rings is 2. The summed E-state index contributed by atoms with van der Waals surface area (Å²) in [6, 6.07) is 10.7. The summed E-state index contributed by atoms with van der Waals surface area (Å²) in [4.78, 5) is 12.1. The van der Waals surface area contributed by atoms with Crippen LogP contribution in [0.3, 0.4) is 0 Å². The van der Waals surface area contributed by atoms with E-state index in [0.29, 0.717) is 21.3 Å². The molecule has 0 bridgehead atoms. The molecule has 0 fully saturated rings. The highest BCUT2D eigenvalue weighted by atomic mass is 79.9. The van der Waals surface area contributed by atoms with Gasteiger partial charge in [-0.3, -0.25) is 4.79 Å². The van der Waals surface area contributed by atoms with E-state index in [1.807, 2.05) is 12.1 Å². The van der Waals surface area contributed by atoms with E-state index in [1.165, 1.54) is 13.3 Å². The van der Waals surface area contributed by atoms with Crippen LogP contribution in [0.25, 0.3) is 0 Å². The molecule has 0 saturated carbocycles. The van der Waals surface area contributed by atoms with E-state index in [-0.39, 0.29) is 17.1 Å². The van der Waals surface area contributed by atoms with Crippen LogP contribution >= 0.6 is 15.9 Å². The largest absolute Gasteiger partial charge is 0.503 e. The molecule has 0 aliphatic carbocycles. The fourth-order valence-corrected chi connectivity index (χ4v) is 2.64. The summed E-state index contributed by atoms with van der Waals surface area (Å²) in [5.74, 6) is 0.0454. The number of halogens is 1. The van der Waals surface area contributed by atoms with Gasteiger partial charge in [0.05, 0.1) is 17.8 Å². The number of methoxy groups -OCH3 is 1. The summed E-state index contributed by atoms with van der Waals surface area (Å²) in [5, 5.41) is 13.7. The maximum atomic E-state index is 12.1. The van der Waals surface area contributed by atoms with Crippen molar-refractivity contribution in [3.63, 3.8) is 0 Å². The molecule has 0 aromatic heterocycles. The SMILES string of the molecule is COc1cc(/C=N\NC(=O)c2ccc(C(C)(C)C)cc2)cc(Br)c1O. The summed E-state index contributed by atoms with van der Waals surface area (Å²) in [6.07, 6.45) is 1.48. The number of carbonyl (C=O) groups excluding carboxylic acids is 1. The predicted molar refractivity (Wildman–Crippen MR) is 103 cm³/mol. The number of hydrogen-bond donors (Lipinski definition) is 2. The van der Waals surface area contributed by atoms with Gasteiger partial charge in [0.15, 0.2) is 11.5 Å². The number of hydrogen-bond acceptors (Lipinski definition) is 4. The second kappa shape index (κ2) is 7.70. The van der Waals surface area contributed by atoms with Crippen LogP contribution in [0.4, 0.5) is 0 Å². The molecule has 2 aromatic carbocycles. The molecule has 6 heteroatoms. The van der Waals surface area contributed by atoms with Crippen molar-refractivity contribution in [2.24, 2.45) is 5.10 Å². The number of phenolic OH excluding ortho intramolecular Hbond substituents is 1. The predicted octanol–water partition coefficient (Wildman–Crippen LogP) is 4.22. The van der Waals surface area contributed by atoms with Crippen LogP contribution in [0, 0.1) is 0 Å². The van der Waals surface area contributed by atoms with Crippen LogP contribution in [0.15, 0.2) is 46.0 Å². The standard InChI is InChI=1S/C19H21BrN2O3/c1-19(2,3)14-7-5-13(6-8-14)18(24)22-21-11-12-9-15(20)17(23)16(10-12)25-4/h5-11,23H,1-4H3,(H,22,24)/b21-11-. The number of nitrogens with zero attached hydrogens (tertiary/aromatic N) is 1. The molecule has 0 unspecified atom stereocenters. The minimum Gasteiger partial charge on any atom is -0.503 e. The Kier molecular flexibility index (Phi) is 5.85. The van der Waals surface area contributed by atoms with Gasteiger partial charge in [-0.15, -0.1) is 0 Å². The maximum Gasteiger partial charge on any atom is 0.271 e. The number of nitrogens with one attached hydrogen (secondary N) is 1. The molecule has 5 nitrogen and oxygen atoms in total. The van der Waals surface area contributed by atoms with E-state index in [0.717, 1.165) is 5.56 Å². The molecule has 0 aliphatic rings. The summed E-state index contributed by atoms with van der Waals surface area (Å²) in [5.41, 5.74) is 4.90. The topological polar surface area (TPSA) is 70.9 Å². The van der Waals surface area contributed by atoms with E-state index in [1.54, 1.807) is 24.3 Å². The van der Waals surface area contributed by atoms with E-state index < -0.39 is 0 Å². The third-order valence-corrected chi connectivity index (χ3v) is 4.27. The number of phenols is 1. The molecule has 2 aromatic rings. The smallest absolute Gasteiger partial charge is 0.271 e. The summed E-state index contributed by atoms with van der Waals surface area (Å²) < 4.78 is 5.56. The summed E-state index contributed by atoms with van der Waals surface area (Å²) in [7, 11) is 1.46. The minimum atomic E-state index is -0.290. The zero-order chi connectivity index (χ0) is 18.6. The Hall–Kier alpha value is -2.34. The van der Waals surface area contributed by atoms with Crippen LogP contribution < -0.4 is 10.2 Å². The summed E-state index contributed by atoms with van der Waals surface area (Å²) in [6.45, 7) is 6.36. The zero-order valence-corrected chi connectivity index (χ0v) is 16.2. The first-order valence-electron chi connectivity index (χ1n) is 7.73. The van der Waals surface area contributed by atoms with E-state index in [4.69, 9.17) is 4.74 Å². The van der Waals surface area contributed by atoms with Gasteiger partial charge in [0, 0.05) is 5.56 Å². The normalized spacial score (nSPS) is 11.6. The average molecular weight is 405 g/mol. The van der Waals surface area contributed by atoms with E-state index in [9.17, 15) is 9.90 Å².